The van der Waals surface area contributed by atoms with Gasteiger partial charge in [0.05, 0.1) is 6.61 Å². The van der Waals surface area contributed by atoms with Crippen LogP contribution in [0.25, 0.3) is 11.3 Å². The number of hydrogen-bond donors (Lipinski definition) is 0. The van der Waals surface area contributed by atoms with Gasteiger partial charge in [0.2, 0.25) is 0 Å². The summed E-state index contributed by atoms with van der Waals surface area (Å²) in [6.07, 6.45) is 0. The predicted molar refractivity (Wildman–Crippen MR) is 79.7 cm³/mol. The van der Waals surface area contributed by atoms with Gasteiger partial charge in [0.25, 0.3) is 0 Å². The van der Waals surface area contributed by atoms with E-state index in [0.29, 0.717) is 23.6 Å². The molecule has 0 saturated carbocycles. The third-order valence-electron chi connectivity index (χ3n) is 2.82. The molecule has 0 saturated heterocycles. The highest BCUT2D eigenvalue weighted by atomic mass is 79.9. The molecular weight excluding hydrogens is 322 g/mol. The van der Waals surface area contributed by atoms with E-state index in [9.17, 15) is 4.79 Å². The number of ether oxygens (including phenoxy) is 1. The Morgan fingerprint density at radius 2 is 2.20 bits per heavy atom. The molecule has 0 aliphatic heterocycles. The number of carbonyl (C=O) groups excluding carboxylic acids is 1. The maximum Gasteiger partial charge on any atom is 0.344 e. The Morgan fingerprint density at radius 3 is 2.80 bits per heavy atom. The molecule has 106 valence electrons. The Kier molecular flexibility index (Phi) is 4.60. The third kappa shape index (κ3) is 2.93. The fourth-order valence-electron chi connectivity index (χ4n) is 1.93. The fourth-order valence-corrected chi connectivity index (χ4v) is 2.33. The summed E-state index contributed by atoms with van der Waals surface area (Å²) in [5.41, 5.74) is 1.76. The highest BCUT2D eigenvalue weighted by Crippen LogP contribution is 2.31. The Balaban J connectivity index is 2.56. The monoisotopic (exact) mass is 337 g/mol. The van der Waals surface area contributed by atoms with Crippen LogP contribution >= 0.6 is 15.9 Å². The van der Waals surface area contributed by atoms with Gasteiger partial charge < -0.3 is 9.26 Å². The zero-order chi connectivity index (χ0) is 14.7. The minimum Gasteiger partial charge on any atom is -0.462 e. The molecule has 4 nitrogen and oxygen atoms in total. The lowest BCUT2D eigenvalue weighted by Crippen LogP contribution is -2.08. The topological polar surface area (TPSA) is 52.3 Å². The normalized spacial score (nSPS) is 10.8. The van der Waals surface area contributed by atoms with Gasteiger partial charge in [0.1, 0.15) is 11.3 Å². The van der Waals surface area contributed by atoms with E-state index >= 15 is 0 Å². The zero-order valence-electron chi connectivity index (χ0n) is 11.6. The molecule has 1 aromatic heterocycles. The van der Waals surface area contributed by atoms with Gasteiger partial charge in [0, 0.05) is 16.0 Å². The second kappa shape index (κ2) is 6.22. The summed E-state index contributed by atoms with van der Waals surface area (Å²) >= 11 is 3.41. The minimum absolute atomic E-state index is 0.0582. The maximum atomic E-state index is 12.2. The van der Waals surface area contributed by atoms with E-state index in [-0.39, 0.29) is 5.92 Å². The second-order valence-electron chi connectivity index (χ2n) is 4.66. The molecule has 0 bridgehead atoms. The van der Waals surface area contributed by atoms with Crippen LogP contribution in [-0.2, 0) is 4.74 Å². The highest BCUT2D eigenvalue weighted by molar-refractivity contribution is 9.10. The molecule has 0 aliphatic carbocycles. The van der Waals surface area contributed by atoms with Gasteiger partial charge in [-0.1, -0.05) is 47.1 Å². The number of halogens is 1. The van der Waals surface area contributed by atoms with Crippen molar-refractivity contribution in [2.24, 2.45) is 0 Å². The smallest absolute Gasteiger partial charge is 0.344 e. The molecule has 0 unspecified atom stereocenters. The van der Waals surface area contributed by atoms with Gasteiger partial charge in [0.15, 0.2) is 5.76 Å². The van der Waals surface area contributed by atoms with Crippen LogP contribution in [-0.4, -0.2) is 17.7 Å². The number of hydrogen-bond acceptors (Lipinski definition) is 4. The first-order valence-electron chi connectivity index (χ1n) is 6.47. The molecule has 0 spiro atoms. The van der Waals surface area contributed by atoms with E-state index < -0.39 is 5.97 Å². The molecular formula is C15H16BrNO3. The zero-order valence-corrected chi connectivity index (χ0v) is 13.2. The first-order chi connectivity index (χ1) is 9.54. The lowest BCUT2D eigenvalue weighted by Gasteiger charge is -2.06. The Labute approximate surface area is 126 Å². The summed E-state index contributed by atoms with van der Waals surface area (Å²) < 4.78 is 11.4. The van der Waals surface area contributed by atoms with Crippen molar-refractivity contribution in [1.29, 1.82) is 0 Å². The van der Waals surface area contributed by atoms with Crippen molar-refractivity contribution in [2.75, 3.05) is 6.61 Å². The molecule has 0 amide bonds. The largest absolute Gasteiger partial charge is 0.462 e. The van der Waals surface area contributed by atoms with Gasteiger partial charge in [-0.3, -0.25) is 0 Å². The summed E-state index contributed by atoms with van der Waals surface area (Å²) in [6, 6.07) is 7.58. The Bertz CT molecular complexity index is 619. The summed E-state index contributed by atoms with van der Waals surface area (Å²) in [5.74, 6) is 0.216. The van der Waals surface area contributed by atoms with Crippen molar-refractivity contribution in [3.63, 3.8) is 0 Å². The van der Waals surface area contributed by atoms with Crippen LogP contribution in [0.3, 0.4) is 0 Å². The molecule has 1 heterocycles. The third-order valence-corrected chi connectivity index (χ3v) is 3.31. The lowest BCUT2D eigenvalue weighted by atomic mass is 10.0. The number of carbonyl (C=O) groups is 1. The molecule has 0 N–H and O–H groups in total. The van der Waals surface area contributed by atoms with Crippen molar-refractivity contribution in [2.45, 2.75) is 26.7 Å². The van der Waals surface area contributed by atoms with Crippen LogP contribution in [0.15, 0.2) is 33.3 Å². The summed E-state index contributed by atoms with van der Waals surface area (Å²) in [4.78, 5) is 12.2. The first-order valence-corrected chi connectivity index (χ1v) is 7.26. The average molecular weight is 338 g/mol. The van der Waals surface area contributed by atoms with Gasteiger partial charge >= 0.3 is 5.97 Å². The average Bonchev–Trinajstić information content (AvgIpc) is 2.83. The van der Waals surface area contributed by atoms with Crippen molar-refractivity contribution >= 4 is 21.9 Å². The van der Waals surface area contributed by atoms with Crippen LogP contribution in [0.1, 0.15) is 42.8 Å². The lowest BCUT2D eigenvalue weighted by molar-refractivity contribution is 0.0524. The molecule has 2 aromatic rings. The van der Waals surface area contributed by atoms with Gasteiger partial charge in [-0.25, -0.2) is 4.79 Å². The summed E-state index contributed by atoms with van der Waals surface area (Å²) in [5, 5.41) is 4.06. The minimum atomic E-state index is -0.396. The number of rotatable bonds is 4. The molecule has 1 aromatic carbocycles. The van der Waals surface area contributed by atoms with Gasteiger partial charge in [-0.15, -0.1) is 0 Å². The van der Waals surface area contributed by atoms with Gasteiger partial charge in [-0.05, 0) is 19.1 Å². The van der Waals surface area contributed by atoms with Gasteiger partial charge in [-0.2, -0.15) is 0 Å². The number of nitrogens with zero attached hydrogens (tertiary/aromatic N) is 1. The maximum absolute atomic E-state index is 12.2. The van der Waals surface area contributed by atoms with Crippen molar-refractivity contribution in [3.05, 3.63) is 40.1 Å². The number of esters is 1. The van der Waals surface area contributed by atoms with E-state index in [1.807, 2.05) is 38.1 Å². The Hall–Kier alpha value is -1.62. The molecule has 0 radical (unpaired) electrons. The van der Waals surface area contributed by atoms with E-state index in [1.165, 1.54) is 0 Å². The van der Waals surface area contributed by atoms with E-state index in [0.717, 1.165) is 10.0 Å². The Morgan fingerprint density at radius 1 is 1.45 bits per heavy atom. The molecule has 5 heteroatoms. The summed E-state index contributed by atoms with van der Waals surface area (Å²) in [6.45, 7) is 6.00. The van der Waals surface area contributed by atoms with E-state index in [2.05, 4.69) is 21.1 Å². The molecule has 2 rings (SSSR count). The predicted octanol–water partition coefficient (Wildman–Crippen LogP) is 4.40. The molecule has 0 atom stereocenters. The van der Waals surface area contributed by atoms with Crippen LogP contribution in [0.5, 0.6) is 0 Å². The van der Waals surface area contributed by atoms with Crippen molar-refractivity contribution < 1.29 is 14.1 Å². The number of benzene rings is 1. The van der Waals surface area contributed by atoms with E-state index in [1.54, 1.807) is 6.92 Å². The van der Waals surface area contributed by atoms with Crippen LogP contribution in [0.4, 0.5) is 0 Å². The molecule has 0 aliphatic rings. The van der Waals surface area contributed by atoms with Crippen molar-refractivity contribution in [1.82, 2.24) is 5.16 Å². The molecule has 0 fully saturated rings. The first kappa shape index (κ1) is 14.8. The van der Waals surface area contributed by atoms with Crippen LogP contribution in [0, 0.1) is 0 Å². The van der Waals surface area contributed by atoms with Crippen molar-refractivity contribution in [3.8, 4) is 11.3 Å². The quantitative estimate of drug-likeness (QED) is 0.775. The second-order valence-corrected chi connectivity index (χ2v) is 5.57. The highest BCUT2D eigenvalue weighted by Gasteiger charge is 2.26. The summed E-state index contributed by atoms with van der Waals surface area (Å²) in [7, 11) is 0. The standard InChI is InChI=1S/C15H16BrNO3/c1-4-19-15(18)12-13(17-20-14(12)9(2)3)10-6-5-7-11(16)8-10/h5-9H,4H2,1-3H3. The fraction of sp³-hybridized carbons (Fsp3) is 0.333. The SMILES string of the molecule is CCOC(=O)c1c(-c2cccc(Br)c2)noc1C(C)C. The number of aromatic nitrogens is 1. The molecule has 20 heavy (non-hydrogen) atoms. The van der Waals surface area contributed by atoms with E-state index in [4.69, 9.17) is 9.26 Å². The van der Waals surface area contributed by atoms with Crippen LogP contribution in [0.2, 0.25) is 0 Å². The van der Waals surface area contributed by atoms with Crippen LogP contribution < -0.4 is 0 Å².